The van der Waals surface area contributed by atoms with Crippen molar-refractivity contribution >= 4 is 11.6 Å². The molecular formula is C20H23FN2O2. The van der Waals surface area contributed by atoms with Gasteiger partial charge < -0.3 is 14.5 Å². The molecule has 2 aromatic rings. The SMILES string of the molecule is COc1ccc(F)cc1CC(=O)N1CCN(c2cccc(C)c2)CC1. The number of carbonyl (C=O) groups is 1. The Kier molecular flexibility index (Phi) is 5.22. The van der Waals surface area contributed by atoms with Gasteiger partial charge in [0.25, 0.3) is 0 Å². The Hall–Kier alpha value is -2.56. The first-order valence-electron chi connectivity index (χ1n) is 8.48. The van der Waals surface area contributed by atoms with Crippen LogP contribution < -0.4 is 9.64 Å². The summed E-state index contributed by atoms with van der Waals surface area (Å²) in [4.78, 5) is 16.7. The summed E-state index contributed by atoms with van der Waals surface area (Å²) in [5, 5.41) is 0. The number of hydrogen-bond donors (Lipinski definition) is 0. The van der Waals surface area contributed by atoms with Crippen LogP contribution >= 0.6 is 0 Å². The average Bonchev–Trinajstić information content (AvgIpc) is 2.62. The van der Waals surface area contributed by atoms with Crippen molar-refractivity contribution < 1.29 is 13.9 Å². The first kappa shape index (κ1) is 17.3. The van der Waals surface area contributed by atoms with Crippen LogP contribution in [0.25, 0.3) is 0 Å². The summed E-state index contributed by atoms with van der Waals surface area (Å²) in [7, 11) is 1.53. The zero-order valence-electron chi connectivity index (χ0n) is 14.7. The van der Waals surface area contributed by atoms with E-state index in [1.54, 1.807) is 6.07 Å². The largest absolute Gasteiger partial charge is 0.496 e. The number of hydrogen-bond acceptors (Lipinski definition) is 3. The summed E-state index contributed by atoms with van der Waals surface area (Å²) in [5.41, 5.74) is 3.02. The molecule has 2 aromatic carbocycles. The van der Waals surface area contributed by atoms with Crippen molar-refractivity contribution in [3.63, 3.8) is 0 Å². The van der Waals surface area contributed by atoms with Gasteiger partial charge in [-0.15, -0.1) is 0 Å². The third kappa shape index (κ3) is 4.10. The molecule has 0 N–H and O–H groups in total. The summed E-state index contributed by atoms with van der Waals surface area (Å²) in [6.45, 7) is 5.02. The lowest BCUT2D eigenvalue weighted by atomic mass is 10.1. The summed E-state index contributed by atoms with van der Waals surface area (Å²) in [6, 6.07) is 12.7. The van der Waals surface area contributed by atoms with E-state index in [2.05, 4.69) is 36.1 Å². The zero-order valence-corrected chi connectivity index (χ0v) is 14.7. The van der Waals surface area contributed by atoms with Gasteiger partial charge in [0.2, 0.25) is 5.91 Å². The smallest absolute Gasteiger partial charge is 0.227 e. The number of benzene rings is 2. The van der Waals surface area contributed by atoms with Gasteiger partial charge in [0, 0.05) is 37.4 Å². The number of carbonyl (C=O) groups excluding carboxylic acids is 1. The Labute approximate surface area is 147 Å². The molecule has 0 atom stereocenters. The molecule has 1 aliphatic rings. The van der Waals surface area contributed by atoms with Gasteiger partial charge in [-0.05, 0) is 42.8 Å². The first-order chi connectivity index (χ1) is 12.1. The Bertz CT molecular complexity index is 755. The second kappa shape index (κ2) is 7.55. The van der Waals surface area contributed by atoms with Crippen LogP contribution in [0.5, 0.6) is 5.75 Å². The van der Waals surface area contributed by atoms with Crippen LogP contribution in [-0.2, 0) is 11.2 Å². The van der Waals surface area contributed by atoms with Gasteiger partial charge in [-0.1, -0.05) is 12.1 Å². The van der Waals surface area contributed by atoms with Gasteiger partial charge in [0.15, 0.2) is 0 Å². The van der Waals surface area contributed by atoms with Gasteiger partial charge in [-0.3, -0.25) is 4.79 Å². The molecule has 3 rings (SSSR count). The molecule has 0 aromatic heterocycles. The standard InChI is InChI=1S/C20H23FN2O2/c1-15-4-3-5-18(12-15)22-8-10-23(11-9-22)20(24)14-16-13-17(21)6-7-19(16)25-2/h3-7,12-13H,8-11,14H2,1-2H3. The number of ether oxygens (including phenoxy) is 1. The minimum absolute atomic E-state index is 0.00722. The fourth-order valence-corrected chi connectivity index (χ4v) is 3.20. The van der Waals surface area contributed by atoms with Crippen LogP contribution in [0.3, 0.4) is 0 Å². The van der Waals surface area contributed by atoms with Crippen molar-refractivity contribution in [2.45, 2.75) is 13.3 Å². The number of amides is 1. The highest BCUT2D eigenvalue weighted by Crippen LogP contribution is 2.22. The van der Waals surface area contributed by atoms with Gasteiger partial charge in [0.05, 0.1) is 13.5 Å². The summed E-state index contributed by atoms with van der Waals surface area (Å²) in [5.74, 6) is 0.203. The molecule has 0 unspecified atom stereocenters. The van der Waals surface area contributed by atoms with Crippen molar-refractivity contribution in [1.29, 1.82) is 0 Å². The zero-order chi connectivity index (χ0) is 17.8. The Balaban J connectivity index is 1.61. The molecule has 5 heteroatoms. The maximum absolute atomic E-state index is 13.5. The Morgan fingerprint density at radius 2 is 1.88 bits per heavy atom. The van der Waals surface area contributed by atoms with E-state index in [1.807, 2.05) is 4.90 Å². The molecule has 0 radical (unpaired) electrons. The lowest BCUT2D eigenvalue weighted by Crippen LogP contribution is -2.49. The number of aryl methyl sites for hydroxylation is 1. The molecule has 1 saturated heterocycles. The monoisotopic (exact) mass is 342 g/mol. The van der Waals surface area contributed by atoms with E-state index >= 15 is 0 Å². The van der Waals surface area contributed by atoms with Crippen LogP contribution in [0.4, 0.5) is 10.1 Å². The second-order valence-electron chi connectivity index (χ2n) is 6.34. The maximum Gasteiger partial charge on any atom is 0.227 e. The van der Waals surface area contributed by atoms with Crippen LogP contribution in [0.15, 0.2) is 42.5 Å². The molecule has 132 valence electrons. The van der Waals surface area contributed by atoms with E-state index < -0.39 is 0 Å². The van der Waals surface area contributed by atoms with E-state index in [1.165, 1.54) is 30.5 Å². The molecule has 1 amide bonds. The summed E-state index contributed by atoms with van der Waals surface area (Å²) in [6.07, 6.45) is 0.158. The topological polar surface area (TPSA) is 32.8 Å². The predicted octanol–water partition coefficient (Wildman–Crippen LogP) is 3.03. The molecule has 4 nitrogen and oxygen atoms in total. The average molecular weight is 342 g/mol. The Morgan fingerprint density at radius 3 is 2.56 bits per heavy atom. The minimum atomic E-state index is -0.354. The van der Waals surface area contributed by atoms with Crippen molar-refractivity contribution in [1.82, 2.24) is 4.90 Å². The maximum atomic E-state index is 13.5. The second-order valence-corrected chi connectivity index (χ2v) is 6.34. The van der Waals surface area contributed by atoms with E-state index in [4.69, 9.17) is 4.74 Å². The number of methoxy groups -OCH3 is 1. The van der Waals surface area contributed by atoms with Crippen molar-refractivity contribution in [2.24, 2.45) is 0 Å². The molecule has 0 bridgehead atoms. The molecule has 1 aliphatic heterocycles. The third-order valence-electron chi connectivity index (χ3n) is 4.58. The fourth-order valence-electron chi connectivity index (χ4n) is 3.20. The first-order valence-corrected chi connectivity index (χ1v) is 8.48. The lowest BCUT2D eigenvalue weighted by molar-refractivity contribution is -0.130. The third-order valence-corrected chi connectivity index (χ3v) is 4.58. The van der Waals surface area contributed by atoms with Gasteiger partial charge in [-0.25, -0.2) is 4.39 Å². The number of rotatable bonds is 4. The molecule has 1 heterocycles. The number of anilines is 1. The quantitative estimate of drug-likeness (QED) is 0.856. The Morgan fingerprint density at radius 1 is 1.12 bits per heavy atom. The van der Waals surface area contributed by atoms with Gasteiger partial charge in [-0.2, -0.15) is 0 Å². The summed E-state index contributed by atoms with van der Waals surface area (Å²) < 4.78 is 18.7. The van der Waals surface area contributed by atoms with Crippen LogP contribution in [0, 0.1) is 12.7 Å². The van der Waals surface area contributed by atoms with E-state index in [-0.39, 0.29) is 18.1 Å². The molecule has 25 heavy (non-hydrogen) atoms. The number of piperazine rings is 1. The van der Waals surface area contributed by atoms with E-state index in [9.17, 15) is 9.18 Å². The number of halogens is 1. The van der Waals surface area contributed by atoms with Gasteiger partial charge in [0.1, 0.15) is 11.6 Å². The highest BCUT2D eigenvalue weighted by atomic mass is 19.1. The normalized spacial score (nSPS) is 14.5. The number of nitrogens with zero attached hydrogens (tertiary/aromatic N) is 2. The van der Waals surface area contributed by atoms with Crippen LogP contribution in [-0.4, -0.2) is 44.1 Å². The van der Waals surface area contributed by atoms with Crippen molar-refractivity contribution in [3.05, 3.63) is 59.4 Å². The highest BCUT2D eigenvalue weighted by Gasteiger charge is 2.22. The fraction of sp³-hybridized carbons (Fsp3) is 0.350. The predicted molar refractivity (Wildman–Crippen MR) is 96.6 cm³/mol. The summed E-state index contributed by atoms with van der Waals surface area (Å²) >= 11 is 0. The van der Waals surface area contributed by atoms with Crippen molar-refractivity contribution in [3.8, 4) is 5.75 Å². The minimum Gasteiger partial charge on any atom is -0.496 e. The van der Waals surface area contributed by atoms with Gasteiger partial charge >= 0.3 is 0 Å². The molecule has 0 aliphatic carbocycles. The lowest BCUT2D eigenvalue weighted by Gasteiger charge is -2.36. The van der Waals surface area contributed by atoms with Crippen molar-refractivity contribution in [2.75, 3.05) is 38.2 Å². The molecule has 1 fully saturated rings. The van der Waals surface area contributed by atoms with Crippen LogP contribution in [0.2, 0.25) is 0 Å². The van der Waals surface area contributed by atoms with E-state index in [0.717, 1.165) is 13.1 Å². The van der Waals surface area contributed by atoms with Crippen LogP contribution in [0.1, 0.15) is 11.1 Å². The molecule has 0 spiro atoms. The van der Waals surface area contributed by atoms with E-state index in [0.29, 0.717) is 24.4 Å². The molecular weight excluding hydrogens is 319 g/mol. The highest BCUT2D eigenvalue weighted by molar-refractivity contribution is 5.80. The molecule has 0 saturated carbocycles.